The van der Waals surface area contributed by atoms with Crippen LogP contribution in [-0.2, 0) is 17.9 Å². The summed E-state index contributed by atoms with van der Waals surface area (Å²) in [6.45, 7) is 4.38. The zero-order valence-corrected chi connectivity index (χ0v) is 12.4. The Labute approximate surface area is 125 Å². The average molecular weight is 287 g/mol. The predicted molar refractivity (Wildman–Crippen MR) is 80.8 cm³/mol. The number of nitrogens with zero attached hydrogens (tertiary/aromatic N) is 1. The van der Waals surface area contributed by atoms with Crippen LogP contribution < -0.4 is 10.6 Å². The van der Waals surface area contributed by atoms with E-state index >= 15 is 0 Å². The Balaban J connectivity index is 2.56. The highest BCUT2D eigenvalue weighted by atomic mass is 16.3. The van der Waals surface area contributed by atoms with Gasteiger partial charge in [0.2, 0.25) is 0 Å². The van der Waals surface area contributed by atoms with Crippen molar-refractivity contribution < 1.29 is 9.90 Å². The number of benzene rings is 1. The maximum Gasteiger partial charge on any atom is 0.263 e. The molecule has 1 aromatic carbocycles. The minimum Gasteiger partial charge on any atom is -0.392 e. The van der Waals surface area contributed by atoms with E-state index in [2.05, 4.69) is 10.6 Å². The Hall–Kier alpha value is -2.32. The van der Waals surface area contributed by atoms with Gasteiger partial charge >= 0.3 is 0 Å². The zero-order chi connectivity index (χ0) is 15.7. The first-order valence-corrected chi connectivity index (χ1v) is 6.93. The number of carbonyl (C=O) groups is 1. The summed E-state index contributed by atoms with van der Waals surface area (Å²) in [7, 11) is 0. The second kappa shape index (κ2) is 8.77. The van der Waals surface area contributed by atoms with E-state index in [-0.39, 0.29) is 24.1 Å². The van der Waals surface area contributed by atoms with Crippen molar-refractivity contribution in [2.24, 2.45) is 0 Å². The summed E-state index contributed by atoms with van der Waals surface area (Å²) in [5, 5.41) is 23.7. The third-order valence-corrected chi connectivity index (χ3v) is 3.11. The average Bonchev–Trinajstić information content (AvgIpc) is 2.51. The van der Waals surface area contributed by atoms with Crippen molar-refractivity contribution in [2.45, 2.75) is 39.5 Å². The maximum atomic E-state index is 11.8. The van der Waals surface area contributed by atoms with Gasteiger partial charge in [0.1, 0.15) is 11.6 Å². The quantitative estimate of drug-likeness (QED) is 0.525. The molecule has 0 aliphatic rings. The molecule has 0 radical (unpaired) electrons. The van der Waals surface area contributed by atoms with E-state index in [0.29, 0.717) is 6.54 Å². The largest absolute Gasteiger partial charge is 0.392 e. The Morgan fingerprint density at radius 2 is 2.00 bits per heavy atom. The van der Waals surface area contributed by atoms with Gasteiger partial charge in [-0.05, 0) is 24.5 Å². The molecule has 5 nitrogen and oxygen atoms in total. The molecule has 3 N–H and O–H groups in total. The predicted octanol–water partition coefficient (Wildman–Crippen LogP) is 1.59. The van der Waals surface area contributed by atoms with E-state index in [9.17, 15) is 4.79 Å². The van der Waals surface area contributed by atoms with Gasteiger partial charge < -0.3 is 15.7 Å². The molecule has 5 heteroatoms. The molecule has 1 unspecified atom stereocenters. The second-order valence-electron chi connectivity index (χ2n) is 4.81. The van der Waals surface area contributed by atoms with Gasteiger partial charge in [0.05, 0.1) is 6.61 Å². The Morgan fingerprint density at radius 1 is 1.38 bits per heavy atom. The lowest BCUT2D eigenvalue weighted by atomic mass is 10.1. The van der Waals surface area contributed by atoms with E-state index in [1.165, 1.54) is 6.20 Å². The van der Waals surface area contributed by atoms with Crippen LogP contribution in [0.4, 0.5) is 0 Å². The lowest BCUT2D eigenvalue weighted by molar-refractivity contribution is -0.117. The van der Waals surface area contributed by atoms with Crippen LogP contribution in [0, 0.1) is 11.3 Å². The van der Waals surface area contributed by atoms with Crippen molar-refractivity contribution >= 4 is 5.91 Å². The van der Waals surface area contributed by atoms with Crippen molar-refractivity contribution in [1.29, 1.82) is 5.26 Å². The lowest BCUT2D eigenvalue weighted by Crippen LogP contribution is -2.33. The first kappa shape index (κ1) is 16.7. The summed E-state index contributed by atoms with van der Waals surface area (Å²) >= 11 is 0. The van der Waals surface area contributed by atoms with Gasteiger partial charge in [0.15, 0.2) is 0 Å². The molecule has 0 saturated carbocycles. The van der Waals surface area contributed by atoms with E-state index < -0.39 is 0 Å². The zero-order valence-electron chi connectivity index (χ0n) is 12.4. The number of nitrogens with one attached hydrogen (secondary N) is 2. The second-order valence-corrected chi connectivity index (χ2v) is 4.81. The minimum absolute atomic E-state index is 0.0158. The van der Waals surface area contributed by atoms with Crippen molar-refractivity contribution in [3.63, 3.8) is 0 Å². The molecule has 0 bridgehead atoms. The van der Waals surface area contributed by atoms with Crippen LogP contribution in [0.1, 0.15) is 31.4 Å². The summed E-state index contributed by atoms with van der Waals surface area (Å²) in [4.78, 5) is 11.8. The molecule has 112 valence electrons. The first-order valence-electron chi connectivity index (χ1n) is 6.93. The van der Waals surface area contributed by atoms with Crippen LogP contribution >= 0.6 is 0 Å². The minimum atomic E-state index is -0.366. The number of rotatable bonds is 7. The first-order chi connectivity index (χ1) is 10.1. The van der Waals surface area contributed by atoms with Crippen LogP contribution in [0.25, 0.3) is 0 Å². The monoisotopic (exact) mass is 287 g/mol. The molecule has 0 spiro atoms. The normalized spacial score (nSPS) is 12.4. The molecular formula is C16H21N3O2. The van der Waals surface area contributed by atoms with Crippen LogP contribution in [0.2, 0.25) is 0 Å². The van der Waals surface area contributed by atoms with Crippen LogP contribution in [0.15, 0.2) is 36.0 Å². The van der Waals surface area contributed by atoms with Crippen molar-refractivity contribution in [1.82, 2.24) is 10.6 Å². The van der Waals surface area contributed by atoms with Crippen molar-refractivity contribution in [3.05, 3.63) is 47.2 Å². The maximum absolute atomic E-state index is 11.8. The summed E-state index contributed by atoms with van der Waals surface area (Å²) in [6, 6.07) is 9.37. The fraction of sp³-hybridized carbons (Fsp3) is 0.375. The van der Waals surface area contributed by atoms with E-state index in [1.807, 2.05) is 44.2 Å². The Bertz CT molecular complexity index is 529. The smallest absolute Gasteiger partial charge is 0.263 e. The fourth-order valence-corrected chi connectivity index (χ4v) is 1.59. The Morgan fingerprint density at radius 3 is 2.52 bits per heavy atom. The molecule has 0 saturated heterocycles. The van der Waals surface area contributed by atoms with Crippen molar-refractivity contribution in [2.75, 3.05) is 0 Å². The third kappa shape index (κ3) is 5.67. The van der Waals surface area contributed by atoms with E-state index in [4.69, 9.17) is 10.4 Å². The highest BCUT2D eigenvalue weighted by Crippen LogP contribution is 2.04. The van der Waals surface area contributed by atoms with Crippen molar-refractivity contribution in [3.8, 4) is 6.07 Å². The van der Waals surface area contributed by atoms with Gasteiger partial charge in [-0.25, -0.2) is 0 Å². The molecule has 1 amide bonds. The number of nitriles is 1. The molecule has 0 aliphatic heterocycles. The molecular weight excluding hydrogens is 266 g/mol. The van der Waals surface area contributed by atoms with E-state index in [0.717, 1.165) is 17.5 Å². The van der Waals surface area contributed by atoms with E-state index in [1.54, 1.807) is 0 Å². The molecule has 0 fully saturated rings. The van der Waals surface area contributed by atoms with Gasteiger partial charge in [0.25, 0.3) is 5.91 Å². The fourth-order valence-electron chi connectivity index (χ4n) is 1.59. The molecule has 1 atom stereocenters. The van der Waals surface area contributed by atoms with Crippen LogP contribution in [0.3, 0.4) is 0 Å². The van der Waals surface area contributed by atoms with Crippen LogP contribution in [-0.4, -0.2) is 17.1 Å². The molecule has 21 heavy (non-hydrogen) atoms. The summed E-state index contributed by atoms with van der Waals surface area (Å²) < 4.78 is 0. The summed E-state index contributed by atoms with van der Waals surface area (Å²) in [5.74, 6) is -0.366. The van der Waals surface area contributed by atoms with Gasteiger partial charge in [-0.2, -0.15) is 5.26 Å². The van der Waals surface area contributed by atoms with Gasteiger partial charge in [-0.15, -0.1) is 0 Å². The third-order valence-electron chi connectivity index (χ3n) is 3.11. The number of amides is 1. The SMILES string of the molecule is CCC(C)NC(=O)/C(C#N)=C\NCc1ccc(CO)cc1. The number of carbonyl (C=O) groups excluding carboxylic acids is 1. The molecule has 0 heterocycles. The molecule has 1 rings (SSSR count). The summed E-state index contributed by atoms with van der Waals surface area (Å²) in [6.07, 6.45) is 2.24. The highest BCUT2D eigenvalue weighted by Gasteiger charge is 2.10. The van der Waals surface area contributed by atoms with Gasteiger partial charge in [-0.1, -0.05) is 31.2 Å². The Kier molecular flexibility index (Phi) is 6.99. The number of aliphatic hydroxyl groups excluding tert-OH is 1. The molecule has 0 aliphatic carbocycles. The molecule has 0 aromatic heterocycles. The van der Waals surface area contributed by atoms with Gasteiger partial charge in [0, 0.05) is 18.8 Å². The number of hydrogen-bond acceptors (Lipinski definition) is 4. The molecule has 1 aromatic rings. The topological polar surface area (TPSA) is 85.2 Å². The summed E-state index contributed by atoms with van der Waals surface area (Å²) in [5.41, 5.74) is 1.91. The highest BCUT2D eigenvalue weighted by molar-refractivity contribution is 5.97. The van der Waals surface area contributed by atoms with Crippen LogP contribution in [0.5, 0.6) is 0 Å². The standard InChI is InChI=1S/C16H21N3O2/c1-3-12(2)19-16(21)15(8-17)10-18-9-13-4-6-14(11-20)7-5-13/h4-7,10,12,18,20H,3,9,11H2,1-2H3,(H,19,21)/b15-10-. The number of hydrogen-bond donors (Lipinski definition) is 3. The number of aliphatic hydroxyl groups is 1. The lowest BCUT2D eigenvalue weighted by Gasteiger charge is -2.10. The van der Waals surface area contributed by atoms with Gasteiger partial charge in [-0.3, -0.25) is 4.79 Å².